The molecule has 0 bridgehead atoms. The average molecular weight is 234 g/mol. The fraction of sp³-hybridized carbons (Fsp3) is 0.417. The molecule has 0 N–H and O–H groups in total. The largest absolute Gasteiger partial charge is 0.312 e. The second kappa shape index (κ2) is 4.16. The van der Waals surface area contributed by atoms with E-state index in [2.05, 4.69) is 0 Å². The number of aryl methyl sites for hydroxylation is 2. The Morgan fingerprint density at radius 3 is 2.29 bits per heavy atom. The SMILES string of the molecule is Cc1cc(N2CCCC2=O)cc(C)c1[N+](=O)[O-]. The van der Waals surface area contributed by atoms with Crippen LogP contribution in [0.4, 0.5) is 11.4 Å². The van der Waals surface area contributed by atoms with Crippen LogP contribution in [-0.4, -0.2) is 17.4 Å². The van der Waals surface area contributed by atoms with Crippen LogP contribution in [-0.2, 0) is 4.79 Å². The molecule has 1 fully saturated rings. The summed E-state index contributed by atoms with van der Waals surface area (Å²) in [5.74, 6) is 0.0950. The van der Waals surface area contributed by atoms with Gasteiger partial charge in [-0.3, -0.25) is 14.9 Å². The smallest absolute Gasteiger partial charge is 0.275 e. The third-order valence-corrected chi connectivity index (χ3v) is 3.04. The maximum absolute atomic E-state index is 11.6. The minimum absolute atomic E-state index is 0.0950. The first-order valence-corrected chi connectivity index (χ1v) is 5.56. The number of nitro groups is 1. The molecule has 0 aliphatic carbocycles. The number of hydrogen-bond acceptors (Lipinski definition) is 3. The number of nitrogens with zero attached hydrogens (tertiary/aromatic N) is 2. The molecule has 0 saturated carbocycles. The number of amides is 1. The molecular weight excluding hydrogens is 220 g/mol. The molecule has 1 aromatic rings. The first-order chi connectivity index (χ1) is 8.00. The van der Waals surface area contributed by atoms with Crippen LogP contribution in [0.3, 0.4) is 0 Å². The summed E-state index contributed by atoms with van der Waals surface area (Å²) in [5.41, 5.74) is 2.11. The lowest BCUT2D eigenvalue weighted by Gasteiger charge is -2.17. The van der Waals surface area contributed by atoms with E-state index in [0.29, 0.717) is 24.1 Å². The van der Waals surface area contributed by atoms with Gasteiger partial charge in [0, 0.05) is 29.8 Å². The number of carbonyl (C=O) groups is 1. The molecular formula is C12H14N2O3. The zero-order valence-electron chi connectivity index (χ0n) is 9.90. The van der Waals surface area contributed by atoms with Gasteiger partial charge >= 0.3 is 0 Å². The molecule has 1 aromatic carbocycles. The average Bonchev–Trinajstić information content (AvgIpc) is 2.62. The molecule has 0 spiro atoms. The summed E-state index contributed by atoms with van der Waals surface area (Å²) in [5, 5.41) is 10.9. The lowest BCUT2D eigenvalue weighted by molar-refractivity contribution is -0.386. The van der Waals surface area contributed by atoms with E-state index in [1.54, 1.807) is 30.9 Å². The van der Waals surface area contributed by atoms with E-state index in [0.717, 1.165) is 12.1 Å². The lowest BCUT2D eigenvalue weighted by Crippen LogP contribution is -2.23. The summed E-state index contributed by atoms with van der Waals surface area (Å²) < 4.78 is 0. The van der Waals surface area contributed by atoms with Crippen molar-refractivity contribution in [2.45, 2.75) is 26.7 Å². The molecule has 2 rings (SSSR count). The van der Waals surface area contributed by atoms with Gasteiger partial charge in [0.15, 0.2) is 0 Å². The molecule has 5 nitrogen and oxygen atoms in total. The zero-order valence-corrected chi connectivity index (χ0v) is 9.90. The Morgan fingerprint density at radius 2 is 1.88 bits per heavy atom. The molecule has 1 amide bonds. The third-order valence-electron chi connectivity index (χ3n) is 3.04. The van der Waals surface area contributed by atoms with E-state index >= 15 is 0 Å². The van der Waals surface area contributed by atoms with Gasteiger partial charge in [0.05, 0.1) is 4.92 Å². The van der Waals surface area contributed by atoms with Gasteiger partial charge in [-0.05, 0) is 32.4 Å². The number of carbonyl (C=O) groups excluding carboxylic acids is 1. The van der Waals surface area contributed by atoms with Crippen molar-refractivity contribution in [3.8, 4) is 0 Å². The van der Waals surface area contributed by atoms with Gasteiger partial charge in [-0.2, -0.15) is 0 Å². The Morgan fingerprint density at radius 1 is 1.29 bits per heavy atom. The number of hydrogen-bond donors (Lipinski definition) is 0. The first kappa shape index (κ1) is 11.6. The van der Waals surface area contributed by atoms with Crippen molar-refractivity contribution in [3.05, 3.63) is 33.4 Å². The Labute approximate surface area is 99.2 Å². The van der Waals surface area contributed by atoms with Gasteiger partial charge in [-0.1, -0.05) is 0 Å². The highest BCUT2D eigenvalue weighted by molar-refractivity contribution is 5.95. The van der Waals surface area contributed by atoms with Crippen molar-refractivity contribution in [2.24, 2.45) is 0 Å². The van der Waals surface area contributed by atoms with Crippen LogP contribution in [0.15, 0.2) is 12.1 Å². The topological polar surface area (TPSA) is 63.5 Å². The molecule has 1 heterocycles. The first-order valence-electron chi connectivity index (χ1n) is 5.56. The normalized spacial score (nSPS) is 15.4. The van der Waals surface area contributed by atoms with Crippen LogP contribution >= 0.6 is 0 Å². The monoisotopic (exact) mass is 234 g/mol. The summed E-state index contributed by atoms with van der Waals surface area (Å²) in [6.07, 6.45) is 1.42. The lowest BCUT2D eigenvalue weighted by atomic mass is 10.1. The van der Waals surface area contributed by atoms with Crippen molar-refractivity contribution >= 4 is 17.3 Å². The van der Waals surface area contributed by atoms with Crippen LogP contribution in [0.25, 0.3) is 0 Å². The highest BCUT2D eigenvalue weighted by atomic mass is 16.6. The van der Waals surface area contributed by atoms with Crippen molar-refractivity contribution < 1.29 is 9.72 Å². The van der Waals surface area contributed by atoms with Crippen LogP contribution < -0.4 is 4.90 Å². The molecule has 1 aliphatic heterocycles. The van der Waals surface area contributed by atoms with Gasteiger partial charge in [0.2, 0.25) is 5.91 Å². The minimum Gasteiger partial charge on any atom is -0.312 e. The van der Waals surface area contributed by atoms with Crippen molar-refractivity contribution in [2.75, 3.05) is 11.4 Å². The summed E-state index contributed by atoms with van der Waals surface area (Å²) in [7, 11) is 0. The fourth-order valence-electron chi connectivity index (χ4n) is 2.30. The Hall–Kier alpha value is -1.91. The van der Waals surface area contributed by atoms with Crippen LogP contribution in [0.2, 0.25) is 0 Å². The number of rotatable bonds is 2. The van der Waals surface area contributed by atoms with E-state index in [1.165, 1.54) is 0 Å². The van der Waals surface area contributed by atoms with E-state index in [-0.39, 0.29) is 16.5 Å². The Kier molecular flexibility index (Phi) is 2.83. The van der Waals surface area contributed by atoms with E-state index in [9.17, 15) is 14.9 Å². The molecule has 0 aromatic heterocycles. The highest BCUT2D eigenvalue weighted by Crippen LogP contribution is 2.30. The van der Waals surface area contributed by atoms with E-state index < -0.39 is 0 Å². The molecule has 90 valence electrons. The zero-order chi connectivity index (χ0) is 12.6. The van der Waals surface area contributed by atoms with Crippen molar-refractivity contribution in [1.82, 2.24) is 0 Å². The molecule has 1 saturated heterocycles. The molecule has 1 aliphatic rings. The van der Waals surface area contributed by atoms with Crippen LogP contribution in [0.1, 0.15) is 24.0 Å². The summed E-state index contributed by atoms with van der Waals surface area (Å²) in [6, 6.07) is 3.43. The second-order valence-electron chi connectivity index (χ2n) is 4.33. The van der Waals surface area contributed by atoms with Gasteiger partial charge in [0.25, 0.3) is 5.69 Å². The van der Waals surface area contributed by atoms with E-state index in [4.69, 9.17) is 0 Å². The summed E-state index contributed by atoms with van der Waals surface area (Å²) in [6.45, 7) is 4.11. The van der Waals surface area contributed by atoms with E-state index in [1.807, 2.05) is 0 Å². The van der Waals surface area contributed by atoms with Crippen LogP contribution in [0, 0.1) is 24.0 Å². The van der Waals surface area contributed by atoms with Crippen molar-refractivity contribution in [1.29, 1.82) is 0 Å². The fourth-order valence-corrected chi connectivity index (χ4v) is 2.30. The standard InChI is InChI=1S/C12H14N2O3/c1-8-6-10(13-5-3-4-11(13)15)7-9(2)12(8)14(16)17/h6-7H,3-5H2,1-2H3. The number of nitro benzene ring substituents is 1. The predicted molar refractivity (Wildman–Crippen MR) is 64.2 cm³/mol. The molecule has 5 heteroatoms. The third kappa shape index (κ3) is 2.00. The highest BCUT2D eigenvalue weighted by Gasteiger charge is 2.24. The quantitative estimate of drug-likeness (QED) is 0.582. The molecule has 0 atom stereocenters. The molecule has 17 heavy (non-hydrogen) atoms. The summed E-state index contributed by atoms with van der Waals surface area (Å²) in [4.78, 5) is 23.8. The predicted octanol–water partition coefficient (Wildman–Crippen LogP) is 2.34. The maximum Gasteiger partial charge on any atom is 0.275 e. The number of anilines is 1. The summed E-state index contributed by atoms with van der Waals surface area (Å²) >= 11 is 0. The van der Waals surface area contributed by atoms with Gasteiger partial charge in [-0.25, -0.2) is 0 Å². The van der Waals surface area contributed by atoms with Crippen molar-refractivity contribution in [3.63, 3.8) is 0 Å². The molecule has 0 unspecified atom stereocenters. The second-order valence-corrected chi connectivity index (χ2v) is 4.33. The van der Waals surface area contributed by atoms with Gasteiger partial charge in [-0.15, -0.1) is 0 Å². The van der Waals surface area contributed by atoms with Crippen LogP contribution in [0.5, 0.6) is 0 Å². The minimum atomic E-state index is -0.375. The van der Waals surface area contributed by atoms with Gasteiger partial charge < -0.3 is 4.90 Å². The molecule has 0 radical (unpaired) electrons. The van der Waals surface area contributed by atoms with Gasteiger partial charge in [0.1, 0.15) is 0 Å². The number of benzene rings is 1. The Bertz CT molecular complexity index is 474. The maximum atomic E-state index is 11.6. The Balaban J connectivity index is 2.45.